The zero-order valence-corrected chi connectivity index (χ0v) is 23.2. The molecule has 4 aliphatic rings. The van der Waals surface area contributed by atoms with Crippen LogP contribution in [0, 0.1) is 22.7 Å². The number of rotatable bonds is 4. The second-order valence-electron chi connectivity index (χ2n) is 13.2. The molecule has 2 aromatic carbocycles. The molecule has 6 unspecified atom stereocenters. The lowest BCUT2D eigenvalue weighted by atomic mass is 9.43. The fourth-order valence-corrected chi connectivity index (χ4v) is 8.71. The van der Waals surface area contributed by atoms with E-state index in [1.54, 1.807) is 0 Å². The van der Waals surface area contributed by atoms with E-state index in [0.29, 0.717) is 29.7 Å². The third kappa shape index (κ3) is 3.58. The number of benzene rings is 2. The summed E-state index contributed by atoms with van der Waals surface area (Å²) in [5, 5.41) is 32.2. The second kappa shape index (κ2) is 8.72. The molecule has 2 fully saturated rings. The first-order valence-electron chi connectivity index (χ1n) is 14.2. The van der Waals surface area contributed by atoms with Crippen molar-refractivity contribution >= 4 is 11.9 Å². The molecular weight excluding hydrogens is 494 g/mol. The summed E-state index contributed by atoms with van der Waals surface area (Å²) < 4.78 is 7.06. The normalized spacial score (nSPS) is 33.3. The zero-order valence-electron chi connectivity index (χ0n) is 23.2. The predicted molar refractivity (Wildman–Crippen MR) is 146 cm³/mol. The Morgan fingerprint density at radius 2 is 1.85 bits per heavy atom. The van der Waals surface area contributed by atoms with Crippen LogP contribution in [0.4, 0.5) is 0 Å². The van der Waals surface area contributed by atoms with Crippen molar-refractivity contribution in [1.82, 2.24) is 4.90 Å². The van der Waals surface area contributed by atoms with Crippen molar-refractivity contribution < 1.29 is 29.6 Å². The van der Waals surface area contributed by atoms with Crippen LogP contribution in [0.3, 0.4) is 0 Å². The van der Waals surface area contributed by atoms with Crippen LogP contribution < -0.4 is 4.74 Å². The Morgan fingerprint density at radius 3 is 2.54 bits per heavy atom. The van der Waals surface area contributed by atoms with Gasteiger partial charge in [-0.3, -0.25) is 4.79 Å². The van der Waals surface area contributed by atoms with Gasteiger partial charge in [-0.05, 0) is 54.6 Å². The standard InChI is InChI=1S/C32H39NO6/c1-18-10-11-25-30(2,3)26(35)12-13-31(25,4)32(18)16-21-24(34)15-20-22(27(21)39-32)17-33(28(20)36)23(29(37)38)14-19-8-6-5-7-9-19/h5-9,15,18,23,25-26,34-35H,10-14,16-17H2,1-4H3,(H,37,38). The predicted octanol–water partition coefficient (Wildman–Crippen LogP) is 4.95. The Bertz CT molecular complexity index is 1340. The molecule has 6 atom stereocenters. The Balaban J connectivity index is 1.38. The Labute approximate surface area is 229 Å². The molecule has 0 radical (unpaired) electrons. The minimum absolute atomic E-state index is 0.0405. The van der Waals surface area contributed by atoms with Crippen molar-refractivity contribution in [3.63, 3.8) is 0 Å². The number of carbonyl (C=O) groups is 2. The monoisotopic (exact) mass is 533 g/mol. The number of aliphatic hydroxyl groups is 1. The number of ether oxygens (including phenoxy) is 1. The molecule has 39 heavy (non-hydrogen) atoms. The Hall–Kier alpha value is -3.06. The number of aromatic hydroxyl groups is 1. The maximum Gasteiger partial charge on any atom is 0.326 e. The van der Waals surface area contributed by atoms with E-state index in [1.165, 1.54) is 11.0 Å². The third-order valence-electron chi connectivity index (χ3n) is 11.1. The van der Waals surface area contributed by atoms with Gasteiger partial charge >= 0.3 is 5.97 Å². The second-order valence-corrected chi connectivity index (χ2v) is 13.2. The van der Waals surface area contributed by atoms with E-state index >= 15 is 0 Å². The van der Waals surface area contributed by atoms with Crippen LogP contribution in [0.25, 0.3) is 0 Å². The van der Waals surface area contributed by atoms with Crippen LogP contribution in [0.5, 0.6) is 11.5 Å². The largest absolute Gasteiger partial charge is 0.508 e. The van der Waals surface area contributed by atoms with Gasteiger partial charge in [-0.2, -0.15) is 0 Å². The van der Waals surface area contributed by atoms with E-state index in [4.69, 9.17) is 4.74 Å². The molecule has 0 aromatic heterocycles. The summed E-state index contributed by atoms with van der Waals surface area (Å²) in [6.07, 6.45) is 3.87. The van der Waals surface area contributed by atoms with Gasteiger partial charge in [0.25, 0.3) is 5.91 Å². The summed E-state index contributed by atoms with van der Waals surface area (Å²) >= 11 is 0. The summed E-state index contributed by atoms with van der Waals surface area (Å²) in [6.45, 7) is 8.98. The minimum atomic E-state index is -1.06. The zero-order chi connectivity index (χ0) is 27.9. The van der Waals surface area contributed by atoms with E-state index in [2.05, 4.69) is 27.7 Å². The van der Waals surface area contributed by atoms with Crippen molar-refractivity contribution in [2.75, 3.05) is 0 Å². The van der Waals surface area contributed by atoms with Crippen molar-refractivity contribution in [2.24, 2.45) is 22.7 Å². The Morgan fingerprint density at radius 1 is 1.13 bits per heavy atom. The molecule has 2 aliphatic heterocycles. The van der Waals surface area contributed by atoms with Crippen LogP contribution in [0.1, 0.15) is 80.4 Å². The van der Waals surface area contributed by atoms with E-state index < -0.39 is 23.5 Å². The summed E-state index contributed by atoms with van der Waals surface area (Å²) in [5.41, 5.74) is 1.50. The number of aliphatic hydroxyl groups excluding tert-OH is 1. The smallest absolute Gasteiger partial charge is 0.326 e. The van der Waals surface area contributed by atoms with Crippen molar-refractivity contribution in [3.8, 4) is 11.5 Å². The summed E-state index contributed by atoms with van der Waals surface area (Å²) in [6, 6.07) is 9.81. The Kier molecular flexibility index (Phi) is 5.85. The van der Waals surface area contributed by atoms with Gasteiger partial charge in [0.15, 0.2) is 0 Å². The van der Waals surface area contributed by atoms with Gasteiger partial charge in [-0.25, -0.2) is 4.79 Å². The highest BCUT2D eigenvalue weighted by Gasteiger charge is 2.67. The molecule has 6 rings (SSSR count). The van der Waals surface area contributed by atoms with E-state index in [9.17, 15) is 24.9 Å². The van der Waals surface area contributed by atoms with Gasteiger partial charge in [0, 0.05) is 29.4 Å². The highest BCUT2D eigenvalue weighted by molar-refractivity contribution is 6.02. The van der Waals surface area contributed by atoms with Gasteiger partial charge in [0.05, 0.1) is 18.2 Å². The number of fused-ring (bicyclic) bond motifs is 5. The summed E-state index contributed by atoms with van der Waals surface area (Å²) in [7, 11) is 0. The quantitative estimate of drug-likeness (QED) is 0.513. The molecule has 1 amide bonds. The first-order valence-corrected chi connectivity index (χ1v) is 14.2. The van der Waals surface area contributed by atoms with E-state index in [-0.39, 0.29) is 47.5 Å². The van der Waals surface area contributed by atoms with Crippen molar-refractivity contribution in [1.29, 1.82) is 0 Å². The average Bonchev–Trinajstić information content (AvgIpc) is 3.45. The van der Waals surface area contributed by atoms with Crippen LogP contribution in [-0.4, -0.2) is 49.8 Å². The fourth-order valence-electron chi connectivity index (χ4n) is 8.71. The molecule has 0 bridgehead atoms. The molecule has 7 nitrogen and oxygen atoms in total. The number of amides is 1. The molecule has 2 saturated carbocycles. The summed E-state index contributed by atoms with van der Waals surface area (Å²) in [4.78, 5) is 27.4. The van der Waals surface area contributed by atoms with Crippen molar-refractivity contribution in [3.05, 3.63) is 58.7 Å². The van der Waals surface area contributed by atoms with Crippen LogP contribution in [-0.2, 0) is 24.2 Å². The lowest BCUT2D eigenvalue weighted by Gasteiger charge is -2.64. The highest BCUT2D eigenvalue weighted by atomic mass is 16.5. The van der Waals surface area contributed by atoms with Gasteiger partial charge in [0.2, 0.25) is 0 Å². The minimum Gasteiger partial charge on any atom is -0.508 e. The first kappa shape index (κ1) is 26.2. The van der Waals surface area contributed by atoms with E-state index in [1.807, 2.05) is 30.3 Å². The number of phenols is 1. The van der Waals surface area contributed by atoms with Gasteiger partial charge in [0.1, 0.15) is 23.1 Å². The van der Waals surface area contributed by atoms with Gasteiger partial charge < -0.3 is 25.0 Å². The van der Waals surface area contributed by atoms with Gasteiger partial charge in [-0.15, -0.1) is 0 Å². The SMILES string of the molecule is CC1CCC2C(C)(C)C(O)CCC2(C)C12Cc1c(O)cc3c(c1O2)CN(C(Cc1ccccc1)C(=O)O)C3=O. The van der Waals surface area contributed by atoms with Crippen LogP contribution >= 0.6 is 0 Å². The fraction of sp³-hybridized carbons (Fsp3) is 0.562. The number of carboxylic acid groups (broad SMARTS) is 1. The van der Waals surface area contributed by atoms with Crippen LogP contribution in [0.15, 0.2) is 36.4 Å². The number of carboxylic acids is 1. The highest BCUT2D eigenvalue weighted by Crippen LogP contribution is 2.67. The molecule has 0 saturated heterocycles. The number of phenolic OH excluding ortho intramolecular Hbond substituents is 1. The first-order chi connectivity index (χ1) is 18.4. The number of aliphatic carboxylic acids is 1. The van der Waals surface area contributed by atoms with Crippen LogP contribution in [0.2, 0.25) is 0 Å². The topological polar surface area (TPSA) is 107 Å². The number of carbonyl (C=O) groups excluding carboxylic acids is 1. The summed E-state index contributed by atoms with van der Waals surface area (Å²) in [5.74, 6) is -0.391. The molecule has 2 aromatic rings. The molecule has 2 heterocycles. The van der Waals surface area contributed by atoms with Crippen molar-refractivity contribution in [2.45, 2.75) is 90.5 Å². The number of hydrogen-bond acceptors (Lipinski definition) is 5. The molecule has 7 heteroatoms. The molecular formula is C32H39NO6. The maximum atomic E-state index is 13.6. The lowest BCUT2D eigenvalue weighted by Crippen LogP contribution is -2.66. The number of hydrogen-bond donors (Lipinski definition) is 3. The molecule has 208 valence electrons. The number of nitrogens with zero attached hydrogens (tertiary/aromatic N) is 1. The lowest BCUT2D eigenvalue weighted by molar-refractivity contribution is -0.210. The third-order valence-corrected chi connectivity index (χ3v) is 11.1. The van der Waals surface area contributed by atoms with Gasteiger partial charge in [-0.1, -0.05) is 58.0 Å². The van der Waals surface area contributed by atoms with E-state index in [0.717, 1.165) is 30.4 Å². The molecule has 2 aliphatic carbocycles. The maximum absolute atomic E-state index is 13.6. The molecule has 1 spiro atoms. The molecule has 3 N–H and O–H groups in total. The average molecular weight is 534 g/mol.